The van der Waals surface area contributed by atoms with Gasteiger partial charge in [-0.15, -0.1) is 18.3 Å². The van der Waals surface area contributed by atoms with Crippen molar-refractivity contribution in [2.45, 2.75) is 30.3 Å². The van der Waals surface area contributed by atoms with Gasteiger partial charge in [0.25, 0.3) is 0 Å². The molecule has 0 aromatic heterocycles. The first-order chi connectivity index (χ1) is 7.14. The molecular weight excluding hydrogens is 204 g/mol. The molecule has 82 valence electrons. The lowest BCUT2D eigenvalue weighted by Crippen LogP contribution is -2.19. The summed E-state index contributed by atoms with van der Waals surface area (Å²) >= 11 is 1.83. The zero-order chi connectivity index (χ0) is 11.1. The van der Waals surface area contributed by atoms with Gasteiger partial charge < -0.3 is 5.11 Å². The lowest BCUT2D eigenvalue weighted by atomic mass is 10.0. The average molecular weight is 222 g/mol. The summed E-state index contributed by atoms with van der Waals surface area (Å²) in [5.74, 6) is 1.04. The van der Waals surface area contributed by atoms with Gasteiger partial charge in [-0.1, -0.05) is 24.3 Å². The van der Waals surface area contributed by atoms with Gasteiger partial charge in [0.1, 0.15) is 0 Å². The van der Waals surface area contributed by atoms with E-state index in [1.165, 1.54) is 4.90 Å². The highest BCUT2D eigenvalue weighted by Crippen LogP contribution is 2.21. The van der Waals surface area contributed by atoms with Crippen LogP contribution in [0.3, 0.4) is 0 Å². The van der Waals surface area contributed by atoms with Crippen LogP contribution >= 0.6 is 11.8 Å². The van der Waals surface area contributed by atoms with E-state index < -0.39 is 5.60 Å². The summed E-state index contributed by atoms with van der Waals surface area (Å²) in [4.78, 5) is 1.29. The highest BCUT2D eigenvalue weighted by Gasteiger charge is 2.13. The molecule has 2 heteroatoms. The summed E-state index contributed by atoms with van der Waals surface area (Å²) in [6.07, 6.45) is 3.38. The largest absolute Gasteiger partial charge is 0.386 e. The summed E-state index contributed by atoms with van der Waals surface area (Å²) in [5.41, 5.74) is -0.711. The van der Waals surface area contributed by atoms with Crippen LogP contribution in [0.2, 0.25) is 0 Å². The lowest BCUT2D eigenvalue weighted by molar-refractivity contribution is 0.102. The molecule has 1 nitrogen and oxygen atoms in total. The highest BCUT2D eigenvalue weighted by molar-refractivity contribution is 7.99. The van der Waals surface area contributed by atoms with Gasteiger partial charge >= 0.3 is 0 Å². The molecule has 1 atom stereocenters. The van der Waals surface area contributed by atoms with Gasteiger partial charge in [0.2, 0.25) is 0 Å². The Balaban J connectivity index is 2.20. The molecule has 0 heterocycles. The van der Waals surface area contributed by atoms with Crippen LogP contribution in [0.1, 0.15) is 19.8 Å². The Morgan fingerprint density at radius 1 is 1.40 bits per heavy atom. The molecule has 0 radical (unpaired) electrons. The zero-order valence-electron chi connectivity index (χ0n) is 9.15. The standard InChI is InChI=1S/C13H18OS/c1-3-13(2,14)10-7-11-15-12-8-5-4-6-9-12/h3-6,8-9,14H,1,7,10-11H2,2H3. The Bertz CT molecular complexity index is 293. The number of benzene rings is 1. The van der Waals surface area contributed by atoms with Crippen LogP contribution in [-0.4, -0.2) is 16.5 Å². The molecule has 1 aromatic carbocycles. The number of hydrogen-bond acceptors (Lipinski definition) is 2. The molecule has 15 heavy (non-hydrogen) atoms. The maximum Gasteiger partial charge on any atom is 0.0797 e. The van der Waals surface area contributed by atoms with Crippen molar-refractivity contribution in [3.05, 3.63) is 43.0 Å². The van der Waals surface area contributed by atoms with E-state index in [2.05, 4.69) is 18.7 Å². The molecule has 0 amide bonds. The van der Waals surface area contributed by atoms with Crippen molar-refractivity contribution in [1.29, 1.82) is 0 Å². The molecule has 1 rings (SSSR count). The van der Waals surface area contributed by atoms with E-state index in [0.29, 0.717) is 0 Å². The van der Waals surface area contributed by atoms with Crippen molar-refractivity contribution in [3.8, 4) is 0 Å². The van der Waals surface area contributed by atoms with Gasteiger partial charge in [-0.05, 0) is 37.7 Å². The minimum atomic E-state index is -0.711. The van der Waals surface area contributed by atoms with Crippen LogP contribution in [0, 0.1) is 0 Å². The van der Waals surface area contributed by atoms with Crippen molar-refractivity contribution in [3.63, 3.8) is 0 Å². The lowest BCUT2D eigenvalue weighted by Gasteiger charge is -2.17. The van der Waals surface area contributed by atoms with Gasteiger partial charge in [0.05, 0.1) is 5.60 Å². The summed E-state index contributed by atoms with van der Waals surface area (Å²) < 4.78 is 0. The Morgan fingerprint density at radius 3 is 2.67 bits per heavy atom. The Hall–Kier alpha value is -0.730. The van der Waals surface area contributed by atoms with E-state index in [4.69, 9.17) is 0 Å². The van der Waals surface area contributed by atoms with Crippen LogP contribution in [0.15, 0.2) is 47.9 Å². The van der Waals surface area contributed by atoms with Crippen LogP contribution in [0.5, 0.6) is 0 Å². The Labute approximate surface area is 96.2 Å². The van der Waals surface area contributed by atoms with Crippen LogP contribution < -0.4 is 0 Å². The van der Waals surface area contributed by atoms with Gasteiger partial charge in [-0.25, -0.2) is 0 Å². The minimum Gasteiger partial charge on any atom is -0.386 e. The third-order valence-electron chi connectivity index (χ3n) is 2.28. The van der Waals surface area contributed by atoms with E-state index >= 15 is 0 Å². The SMILES string of the molecule is C=CC(C)(O)CCCSc1ccccc1. The molecule has 0 saturated carbocycles. The van der Waals surface area contributed by atoms with Gasteiger partial charge in [-0.3, -0.25) is 0 Å². The van der Waals surface area contributed by atoms with E-state index in [1.54, 1.807) is 13.0 Å². The molecular formula is C13H18OS. The molecule has 0 bridgehead atoms. The van der Waals surface area contributed by atoms with Crippen LogP contribution in [0.4, 0.5) is 0 Å². The van der Waals surface area contributed by atoms with Crippen molar-refractivity contribution < 1.29 is 5.11 Å². The molecule has 0 fully saturated rings. The van der Waals surface area contributed by atoms with Gasteiger partial charge in [0.15, 0.2) is 0 Å². The second kappa shape index (κ2) is 5.99. The van der Waals surface area contributed by atoms with Crippen molar-refractivity contribution >= 4 is 11.8 Å². The van der Waals surface area contributed by atoms with Crippen LogP contribution in [0.25, 0.3) is 0 Å². The second-order valence-corrected chi connectivity index (χ2v) is 4.99. The normalized spacial score (nSPS) is 14.5. The van der Waals surface area contributed by atoms with E-state index in [1.807, 2.05) is 30.0 Å². The first-order valence-corrected chi connectivity index (χ1v) is 6.16. The number of aliphatic hydroxyl groups is 1. The van der Waals surface area contributed by atoms with E-state index in [0.717, 1.165) is 18.6 Å². The van der Waals surface area contributed by atoms with Crippen LogP contribution in [-0.2, 0) is 0 Å². The summed E-state index contributed by atoms with van der Waals surface area (Å²) in [6.45, 7) is 5.41. The smallest absolute Gasteiger partial charge is 0.0797 e. The van der Waals surface area contributed by atoms with E-state index in [-0.39, 0.29) is 0 Å². The molecule has 1 aromatic rings. The zero-order valence-corrected chi connectivity index (χ0v) is 9.96. The third kappa shape index (κ3) is 5.05. The predicted molar refractivity (Wildman–Crippen MR) is 67.2 cm³/mol. The predicted octanol–water partition coefficient (Wildman–Crippen LogP) is 3.50. The average Bonchev–Trinajstić information content (AvgIpc) is 2.26. The number of thioether (sulfide) groups is 1. The monoisotopic (exact) mass is 222 g/mol. The minimum absolute atomic E-state index is 0.711. The molecule has 0 aliphatic carbocycles. The second-order valence-electron chi connectivity index (χ2n) is 3.83. The number of hydrogen-bond donors (Lipinski definition) is 1. The summed E-state index contributed by atoms with van der Waals surface area (Å²) in [5, 5.41) is 9.69. The molecule has 0 aliphatic heterocycles. The molecule has 0 spiro atoms. The quantitative estimate of drug-likeness (QED) is 0.451. The van der Waals surface area contributed by atoms with Crippen molar-refractivity contribution in [2.24, 2.45) is 0 Å². The first-order valence-electron chi connectivity index (χ1n) is 5.18. The Kier molecular flexibility index (Phi) is 4.92. The van der Waals surface area contributed by atoms with E-state index in [9.17, 15) is 5.11 Å². The van der Waals surface area contributed by atoms with Crippen molar-refractivity contribution in [2.75, 3.05) is 5.75 Å². The molecule has 1 N–H and O–H groups in total. The fraction of sp³-hybridized carbons (Fsp3) is 0.385. The van der Waals surface area contributed by atoms with Crippen molar-refractivity contribution in [1.82, 2.24) is 0 Å². The van der Waals surface area contributed by atoms with Gasteiger partial charge in [0, 0.05) is 4.90 Å². The fourth-order valence-corrected chi connectivity index (χ4v) is 2.11. The Morgan fingerprint density at radius 2 is 2.07 bits per heavy atom. The number of rotatable bonds is 6. The highest BCUT2D eigenvalue weighted by atomic mass is 32.2. The molecule has 0 saturated heterocycles. The maximum absolute atomic E-state index is 9.69. The summed E-state index contributed by atoms with van der Waals surface area (Å²) in [6, 6.07) is 10.3. The fourth-order valence-electron chi connectivity index (χ4n) is 1.24. The topological polar surface area (TPSA) is 20.2 Å². The third-order valence-corrected chi connectivity index (χ3v) is 3.38. The summed E-state index contributed by atoms with van der Waals surface area (Å²) in [7, 11) is 0. The molecule has 1 unspecified atom stereocenters. The first kappa shape index (κ1) is 12.3. The maximum atomic E-state index is 9.69. The van der Waals surface area contributed by atoms with Gasteiger partial charge in [-0.2, -0.15) is 0 Å². The molecule has 0 aliphatic rings.